The van der Waals surface area contributed by atoms with E-state index in [1.54, 1.807) is 13.2 Å². The van der Waals surface area contributed by atoms with Crippen LogP contribution in [0.5, 0.6) is 0 Å². The van der Waals surface area contributed by atoms with E-state index in [0.29, 0.717) is 6.42 Å². The van der Waals surface area contributed by atoms with Crippen LogP contribution in [0, 0.1) is 55.3 Å². The zero-order valence-corrected chi connectivity index (χ0v) is 9.32. The maximum absolute atomic E-state index is 10.6. The molecule has 2 nitrogen and oxygen atoms in total. The molecule has 1 radical (unpaired) electrons. The van der Waals surface area contributed by atoms with E-state index in [9.17, 15) is 9.59 Å². The van der Waals surface area contributed by atoms with Crippen molar-refractivity contribution in [3.8, 4) is 0 Å². The zero-order valence-electron chi connectivity index (χ0n) is 6.89. The van der Waals surface area contributed by atoms with Gasteiger partial charge in [0.25, 0.3) is 0 Å². The van der Waals surface area contributed by atoms with E-state index in [2.05, 4.69) is 0 Å². The summed E-state index contributed by atoms with van der Waals surface area (Å²) >= 11 is 0. The van der Waals surface area contributed by atoms with Gasteiger partial charge in [0.05, 0.1) is 0 Å². The van der Waals surface area contributed by atoms with Crippen LogP contribution in [0.3, 0.4) is 0 Å². The summed E-state index contributed by atoms with van der Waals surface area (Å²) in [5, 5.41) is 0. The summed E-state index contributed by atoms with van der Waals surface area (Å²) in [6.45, 7) is 3.46. The average molecular weight is 293 g/mol. The molecule has 65 valence electrons. The summed E-state index contributed by atoms with van der Waals surface area (Å²) in [5.74, 6) is 0.305. The second-order valence-corrected chi connectivity index (χ2v) is 2.55. The molecule has 0 aromatic heterocycles. The van der Waals surface area contributed by atoms with Crippen molar-refractivity contribution in [2.75, 3.05) is 0 Å². The molecule has 11 heavy (non-hydrogen) atoms. The van der Waals surface area contributed by atoms with Gasteiger partial charge in [-0.05, 0) is 13.3 Å². The molecular formula is C8H13EuO2-. The van der Waals surface area contributed by atoms with Crippen molar-refractivity contribution in [2.24, 2.45) is 5.92 Å². The van der Waals surface area contributed by atoms with Gasteiger partial charge in [0, 0.05) is 55.3 Å². The van der Waals surface area contributed by atoms with Crippen LogP contribution in [0.25, 0.3) is 0 Å². The number of hydrogen-bond donors (Lipinski definition) is 0. The van der Waals surface area contributed by atoms with E-state index in [0.717, 1.165) is 12.8 Å². The molecule has 0 aromatic rings. The van der Waals surface area contributed by atoms with Gasteiger partial charge in [-0.1, -0.05) is 13.3 Å². The number of rotatable bonds is 5. The van der Waals surface area contributed by atoms with Gasteiger partial charge in [-0.25, -0.2) is 0 Å². The molecule has 0 fully saturated rings. The van der Waals surface area contributed by atoms with Crippen LogP contribution in [-0.2, 0) is 9.59 Å². The number of ketones is 1. The molecule has 0 heterocycles. The van der Waals surface area contributed by atoms with Gasteiger partial charge in [0.2, 0.25) is 0 Å². The number of hydrogen-bond acceptors (Lipinski definition) is 2. The summed E-state index contributed by atoms with van der Waals surface area (Å²) in [5.41, 5.74) is 0. The van der Waals surface area contributed by atoms with Gasteiger partial charge in [0.15, 0.2) is 0 Å². The predicted octanol–water partition coefficient (Wildman–Crippen LogP) is 1.49. The van der Waals surface area contributed by atoms with Crippen LogP contribution >= 0.6 is 0 Å². The molecule has 0 rings (SSSR count). The van der Waals surface area contributed by atoms with E-state index in [1.807, 2.05) is 6.92 Å². The van der Waals surface area contributed by atoms with Crippen molar-refractivity contribution in [1.29, 1.82) is 0 Å². The summed E-state index contributed by atoms with van der Waals surface area (Å²) in [6, 6.07) is 0. The number of Topliss-reactive ketones (excluding diaryl/α,β-unsaturated/α-hetero) is 1. The number of carbonyl (C=O) groups is 1. The topological polar surface area (TPSA) is 34.1 Å². The first-order chi connectivity index (χ1) is 4.68. The second kappa shape index (κ2) is 9.02. The SMILES string of the molecule is CC(=O)C(C)CCC[C-]=O.[Eu]. The fraction of sp³-hybridized carbons (Fsp3) is 0.750. The van der Waals surface area contributed by atoms with Gasteiger partial charge in [-0.2, -0.15) is 6.42 Å². The van der Waals surface area contributed by atoms with Gasteiger partial charge in [-0.15, -0.1) is 0 Å². The number of carbonyl (C=O) groups excluding carboxylic acids is 2. The Morgan fingerprint density at radius 2 is 2.09 bits per heavy atom. The maximum atomic E-state index is 10.6. The van der Waals surface area contributed by atoms with Crippen LogP contribution in [0.2, 0.25) is 0 Å². The first kappa shape index (κ1) is 14.4. The standard InChI is InChI=1S/C8H13O2.Eu/c1-7(8(2)10)5-3-4-6-9;/h7H,3-5H2,1-2H3;/q-1;. The van der Waals surface area contributed by atoms with Gasteiger partial charge in [-0.3, -0.25) is 11.1 Å². The van der Waals surface area contributed by atoms with E-state index < -0.39 is 0 Å². The Balaban J connectivity index is 0. The first-order valence-electron chi connectivity index (χ1n) is 3.54. The van der Waals surface area contributed by atoms with Gasteiger partial charge in [0.1, 0.15) is 5.78 Å². The average Bonchev–Trinajstić information content (AvgIpc) is 1.88. The summed E-state index contributed by atoms with van der Waals surface area (Å²) in [4.78, 5) is 20.4. The summed E-state index contributed by atoms with van der Waals surface area (Å²) in [6.07, 6.45) is 3.85. The third-order valence-corrected chi connectivity index (χ3v) is 1.61. The normalized spacial score (nSPS) is 11.5. The molecule has 0 amide bonds. The van der Waals surface area contributed by atoms with Crippen molar-refractivity contribution in [3.63, 3.8) is 0 Å². The molecule has 0 aliphatic carbocycles. The molecule has 0 aromatic carbocycles. The number of unbranched alkanes of at least 4 members (excludes halogenated alkanes) is 1. The van der Waals surface area contributed by atoms with Crippen LogP contribution in [0.1, 0.15) is 33.1 Å². The smallest absolute Gasteiger partial charge is 0.132 e. The maximum Gasteiger partial charge on any atom is 0.132 e. The van der Waals surface area contributed by atoms with Crippen molar-refractivity contribution in [1.82, 2.24) is 0 Å². The Hall–Kier alpha value is 0.924. The monoisotopic (exact) mass is 294 g/mol. The molecule has 1 unspecified atom stereocenters. The molecule has 0 bridgehead atoms. The second-order valence-electron chi connectivity index (χ2n) is 2.55. The van der Waals surface area contributed by atoms with Crippen LogP contribution < -0.4 is 0 Å². The first-order valence-corrected chi connectivity index (χ1v) is 3.54. The molecule has 0 spiro atoms. The largest absolute Gasteiger partial charge is 0.542 e. The zero-order chi connectivity index (χ0) is 7.98. The van der Waals surface area contributed by atoms with E-state index >= 15 is 0 Å². The molecule has 1 atom stereocenters. The van der Waals surface area contributed by atoms with Crippen molar-refractivity contribution >= 4 is 12.1 Å². The molecular weight excluding hydrogens is 280 g/mol. The van der Waals surface area contributed by atoms with Crippen molar-refractivity contribution in [2.45, 2.75) is 33.1 Å². The fourth-order valence-corrected chi connectivity index (χ4v) is 0.684. The van der Waals surface area contributed by atoms with Crippen molar-refractivity contribution in [3.05, 3.63) is 0 Å². The Labute approximate surface area is 109 Å². The molecule has 3 heteroatoms. The van der Waals surface area contributed by atoms with E-state index in [1.165, 1.54) is 0 Å². The molecule has 0 saturated heterocycles. The minimum Gasteiger partial charge on any atom is -0.542 e. The third kappa shape index (κ3) is 8.83. The Morgan fingerprint density at radius 1 is 1.55 bits per heavy atom. The molecule has 0 aliphatic rings. The van der Waals surface area contributed by atoms with Crippen molar-refractivity contribution < 1.29 is 59.0 Å². The Morgan fingerprint density at radius 3 is 2.45 bits per heavy atom. The van der Waals surface area contributed by atoms with E-state index in [4.69, 9.17) is 0 Å². The molecule has 0 N–H and O–H groups in total. The third-order valence-electron chi connectivity index (χ3n) is 1.61. The summed E-state index contributed by atoms with van der Waals surface area (Å²) < 4.78 is 0. The molecule has 0 saturated carbocycles. The minimum absolute atomic E-state index is 0. The van der Waals surface area contributed by atoms with E-state index in [-0.39, 0.29) is 61.1 Å². The fourth-order valence-electron chi connectivity index (χ4n) is 0.684. The molecule has 0 aliphatic heterocycles. The Kier molecular flexibility index (Phi) is 11.8. The van der Waals surface area contributed by atoms with Crippen LogP contribution in [0.4, 0.5) is 0 Å². The predicted molar refractivity (Wildman–Crippen MR) is 39.4 cm³/mol. The van der Waals surface area contributed by atoms with Gasteiger partial charge < -0.3 is 4.79 Å². The Bertz CT molecular complexity index is 123. The van der Waals surface area contributed by atoms with Gasteiger partial charge >= 0.3 is 0 Å². The van der Waals surface area contributed by atoms with Crippen LogP contribution in [-0.4, -0.2) is 12.1 Å². The minimum atomic E-state index is 0. The quantitative estimate of drug-likeness (QED) is 0.568. The summed E-state index contributed by atoms with van der Waals surface area (Å²) in [7, 11) is 0. The van der Waals surface area contributed by atoms with Crippen LogP contribution in [0.15, 0.2) is 0 Å².